The average Bonchev–Trinajstić information content (AvgIpc) is 2.89. The minimum absolute atomic E-state index is 0.111. The van der Waals surface area contributed by atoms with E-state index in [-0.39, 0.29) is 18.9 Å². The molecule has 2 aromatic carbocycles. The fourth-order valence-electron chi connectivity index (χ4n) is 4.27. The van der Waals surface area contributed by atoms with Gasteiger partial charge in [0.2, 0.25) is 5.91 Å². The summed E-state index contributed by atoms with van der Waals surface area (Å²) in [5, 5.41) is 15.9. The van der Waals surface area contributed by atoms with Crippen LogP contribution in [-0.2, 0) is 16.1 Å². The molecule has 0 unspecified atom stereocenters. The van der Waals surface area contributed by atoms with Gasteiger partial charge in [-0.05, 0) is 60.2 Å². The highest BCUT2D eigenvalue weighted by molar-refractivity contribution is 7.98. The molecule has 1 amide bonds. The Morgan fingerprint density at radius 2 is 2.00 bits per heavy atom. The number of carbonyl (C=O) groups excluding carboxylic acids is 1. The average molecular weight is 522 g/mol. The number of nitrogens with one attached hydrogen (secondary N) is 2. The lowest BCUT2D eigenvalue weighted by molar-refractivity contribution is -0.139. The van der Waals surface area contributed by atoms with Gasteiger partial charge >= 0.3 is 5.97 Å². The van der Waals surface area contributed by atoms with Crippen LogP contribution in [0.15, 0.2) is 60.8 Å². The Morgan fingerprint density at radius 3 is 2.78 bits per heavy atom. The summed E-state index contributed by atoms with van der Waals surface area (Å²) < 4.78 is 11.5. The number of hydrogen-bond donors (Lipinski definition) is 3. The lowest BCUT2D eigenvalue weighted by Crippen LogP contribution is -2.36. The second-order valence-electron chi connectivity index (χ2n) is 8.82. The highest BCUT2D eigenvalue weighted by atomic mass is 32.2. The number of pyridine rings is 1. The number of aryl methyl sites for hydroxylation is 1. The van der Waals surface area contributed by atoms with Gasteiger partial charge in [-0.15, -0.1) is 0 Å². The lowest BCUT2D eigenvalue weighted by Gasteiger charge is -2.25. The molecular formula is C28H31N3O5S. The van der Waals surface area contributed by atoms with Gasteiger partial charge in [-0.25, -0.2) is 4.98 Å². The van der Waals surface area contributed by atoms with Gasteiger partial charge in [0.05, 0.1) is 6.42 Å². The first kappa shape index (κ1) is 26.5. The van der Waals surface area contributed by atoms with Crippen molar-refractivity contribution in [2.24, 2.45) is 0 Å². The Kier molecular flexibility index (Phi) is 9.03. The molecule has 2 heterocycles. The summed E-state index contributed by atoms with van der Waals surface area (Å²) in [7, 11) is 0. The zero-order valence-electron chi connectivity index (χ0n) is 20.9. The predicted molar refractivity (Wildman–Crippen MR) is 145 cm³/mol. The summed E-state index contributed by atoms with van der Waals surface area (Å²) in [4.78, 5) is 29.0. The minimum Gasteiger partial charge on any atom is -0.481 e. The first-order chi connectivity index (χ1) is 18.0. The molecule has 1 aliphatic rings. The van der Waals surface area contributed by atoms with Gasteiger partial charge in [0.15, 0.2) is 5.75 Å². The zero-order valence-corrected chi connectivity index (χ0v) is 21.7. The molecule has 4 rings (SSSR count). The van der Waals surface area contributed by atoms with E-state index in [9.17, 15) is 14.7 Å². The molecule has 2 atom stereocenters. The number of fused-ring (bicyclic) bond motifs is 1. The van der Waals surface area contributed by atoms with Crippen molar-refractivity contribution >= 4 is 29.3 Å². The number of thioether (sulfide) groups is 1. The van der Waals surface area contributed by atoms with Gasteiger partial charge in [0, 0.05) is 24.0 Å². The topological polar surface area (TPSA) is 110 Å². The summed E-state index contributed by atoms with van der Waals surface area (Å²) in [5.74, 6) is 0.623. The fraction of sp³-hybridized carbons (Fsp3) is 0.321. The molecule has 0 spiro atoms. The van der Waals surface area contributed by atoms with Gasteiger partial charge in [0.25, 0.3) is 5.88 Å². The maximum atomic E-state index is 13.1. The van der Waals surface area contributed by atoms with Crippen LogP contribution in [0.3, 0.4) is 0 Å². The zero-order chi connectivity index (χ0) is 26.2. The van der Waals surface area contributed by atoms with Gasteiger partial charge in [-0.2, -0.15) is 11.8 Å². The number of rotatable bonds is 11. The van der Waals surface area contributed by atoms with Gasteiger partial charge < -0.3 is 25.2 Å². The Hall–Kier alpha value is -3.56. The van der Waals surface area contributed by atoms with E-state index < -0.39 is 18.1 Å². The SMILES string of the molecule is CSCC[C@@H](NCc1cccc(NC(=O)C[C@@H]2COc3ncccc3O2)c1-c1ccccc1C)C(=O)O. The molecule has 0 aliphatic carbocycles. The van der Waals surface area contributed by atoms with Crippen LogP contribution in [0.25, 0.3) is 11.1 Å². The minimum atomic E-state index is -0.873. The highest BCUT2D eigenvalue weighted by Gasteiger charge is 2.25. The third-order valence-electron chi connectivity index (χ3n) is 6.14. The summed E-state index contributed by atoms with van der Waals surface area (Å²) in [6.07, 6.45) is 3.79. The summed E-state index contributed by atoms with van der Waals surface area (Å²) >= 11 is 1.62. The van der Waals surface area contributed by atoms with Crippen LogP contribution in [0.2, 0.25) is 0 Å². The van der Waals surface area contributed by atoms with E-state index in [0.717, 1.165) is 28.0 Å². The Morgan fingerprint density at radius 1 is 1.16 bits per heavy atom. The number of carboxylic acids is 1. The van der Waals surface area contributed by atoms with E-state index in [1.165, 1.54) is 0 Å². The quantitative estimate of drug-likeness (QED) is 0.338. The number of carbonyl (C=O) groups is 2. The molecule has 1 aromatic heterocycles. The lowest BCUT2D eigenvalue weighted by atomic mass is 9.93. The molecule has 194 valence electrons. The normalized spacial score (nSPS) is 15.1. The van der Waals surface area contributed by atoms with E-state index in [4.69, 9.17) is 9.47 Å². The van der Waals surface area contributed by atoms with Crippen LogP contribution in [0.1, 0.15) is 24.0 Å². The maximum Gasteiger partial charge on any atom is 0.320 e. The standard InChI is InChI=1S/C28H31N3O5S/c1-18-7-3-4-9-21(18)26-19(16-30-23(28(33)34)12-14-37-2)8-5-10-22(26)31-25(32)15-20-17-35-27-24(36-20)11-6-13-29-27/h3-11,13,20,23,30H,12,14-17H2,1-2H3,(H,31,32)(H,33,34)/t20-,23-/m1/s1. The van der Waals surface area contributed by atoms with Crippen LogP contribution < -0.4 is 20.1 Å². The highest BCUT2D eigenvalue weighted by Crippen LogP contribution is 2.35. The Bertz CT molecular complexity index is 1250. The number of hydrogen-bond acceptors (Lipinski definition) is 7. The van der Waals surface area contributed by atoms with Crippen LogP contribution in [0.5, 0.6) is 11.6 Å². The van der Waals surface area contributed by atoms with Gasteiger partial charge in [-0.1, -0.05) is 36.4 Å². The number of nitrogens with zero attached hydrogens (tertiary/aromatic N) is 1. The molecule has 3 aromatic rings. The number of ether oxygens (including phenoxy) is 2. The van der Waals surface area contributed by atoms with Crippen molar-refractivity contribution in [3.63, 3.8) is 0 Å². The van der Waals surface area contributed by atoms with Crippen molar-refractivity contribution in [2.75, 3.05) is 23.9 Å². The molecule has 8 nitrogen and oxygen atoms in total. The van der Waals surface area contributed by atoms with Crippen LogP contribution in [0.4, 0.5) is 5.69 Å². The van der Waals surface area contributed by atoms with Gasteiger partial charge in [-0.3, -0.25) is 9.59 Å². The second-order valence-corrected chi connectivity index (χ2v) is 9.80. The first-order valence-corrected chi connectivity index (χ1v) is 13.5. The smallest absolute Gasteiger partial charge is 0.320 e. The van der Waals surface area contributed by atoms with Crippen LogP contribution >= 0.6 is 11.8 Å². The molecule has 0 saturated carbocycles. The number of benzene rings is 2. The van der Waals surface area contributed by atoms with Crippen molar-refractivity contribution in [2.45, 2.75) is 38.5 Å². The monoisotopic (exact) mass is 521 g/mol. The molecule has 0 bridgehead atoms. The maximum absolute atomic E-state index is 13.1. The number of aromatic nitrogens is 1. The number of aliphatic carboxylic acids is 1. The third kappa shape index (κ3) is 6.81. The molecule has 9 heteroatoms. The molecule has 1 aliphatic heterocycles. The van der Waals surface area contributed by atoms with E-state index in [0.29, 0.717) is 30.3 Å². The van der Waals surface area contributed by atoms with E-state index in [2.05, 4.69) is 15.6 Å². The molecule has 0 radical (unpaired) electrons. The summed E-state index contributed by atoms with van der Waals surface area (Å²) in [5.41, 5.74) is 4.46. The summed E-state index contributed by atoms with van der Waals surface area (Å²) in [6, 6.07) is 16.5. The van der Waals surface area contributed by atoms with Crippen LogP contribution in [0, 0.1) is 6.92 Å². The third-order valence-corrected chi connectivity index (χ3v) is 6.78. The Balaban J connectivity index is 1.55. The largest absolute Gasteiger partial charge is 0.481 e. The fourth-order valence-corrected chi connectivity index (χ4v) is 4.74. The molecule has 0 saturated heterocycles. The second kappa shape index (κ2) is 12.6. The van der Waals surface area contributed by atoms with Crippen molar-refractivity contribution < 1.29 is 24.2 Å². The van der Waals surface area contributed by atoms with E-state index in [1.807, 2.05) is 55.6 Å². The molecular weight excluding hydrogens is 490 g/mol. The van der Waals surface area contributed by atoms with E-state index >= 15 is 0 Å². The molecule has 37 heavy (non-hydrogen) atoms. The van der Waals surface area contributed by atoms with Gasteiger partial charge in [0.1, 0.15) is 18.8 Å². The Labute approximate surface area is 220 Å². The first-order valence-electron chi connectivity index (χ1n) is 12.1. The molecule has 3 N–H and O–H groups in total. The van der Waals surface area contributed by atoms with E-state index in [1.54, 1.807) is 30.1 Å². The van der Waals surface area contributed by atoms with Crippen LogP contribution in [-0.4, -0.2) is 52.7 Å². The number of amides is 1. The number of anilines is 1. The predicted octanol–water partition coefficient (Wildman–Crippen LogP) is 4.52. The molecule has 0 fully saturated rings. The summed E-state index contributed by atoms with van der Waals surface area (Å²) in [6.45, 7) is 2.60. The van der Waals surface area contributed by atoms with Crippen molar-refractivity contribution in [1.82, 2.24) is 10.3 Å². The van der Waals surface area contributed by atoms with Crippen molar-refractivity contribution in [3.8, 4) is 22.8 Å². The van der Waals surface area contributed by atoms with Crippen molar-refractivity contribution in [1.29, 1.82) is 0 Å². The number of carboxylic acid groups (broad SMARTS) is 1. The van der Waals surface area contributed by atoms with Crippen molar-refractivity contribution in [3.05, 3.63) is 71.9 Å².